The van der Waals surface area contributed by atoms with Crippen LogP contribution in [0, 0.1) is 5.41 Å². The highest BCUT2D eigenvalue weighted by Gasteiger charge is 2.43. The molecule has 3 N–H and O–H groups in total. The average molecular weight is 316 g/mol. The summed E-state index contributed by atoms with van der Waals surface area (Å²) in [5.74, 6) is -0.0334. The molecule has 2 aromatic rings. The fourth-order valence-electron chi connectivity index (χ4n) is 3.67. The minimum Gasteiger partial charge on any atom is -0.396 e. The summed E-state index contributed by atoms with van der Waals surface area (Å²) < 4.78 is 0. The molecular formula is C18H24N2O3. The van der Waals surface area contributed by atoms with E-state index in [0.29, 0.717) is 31.5 Å². The lowest BCUT2D eigenvalue weighted by molar-refractivity contribution is -0.0720. The van der Waals surface area contributed by atoms with E-state index in [1.54, 1.807) is 4.90 Å². The van der Waals surface area contributed by atoms with Gasteiger partial charge in [0.15, 0.2) is 0 Å². The molecule has 5 heteroatoms. The van der Waals surface area contributed by atoms with Gasteiger partial charge >= 0.3 is 0 Å². The summed E-state index contributed by atoms with van der Waals surface area (Å²) in [6.45, 7) is 2.87. The highest BCUT2D eigenvalue weighted by Crippen LogP contribution is 2.35. The van der Waals surface area contributed by atoms with Crippen molar-refractivity contribution >= 4 is 16.8 Å². The first-order valence-corrected chi connectivity index (χ1v) is 8.25. The fourth-order valence-corrected chi connectivity index (χ4v) is 3.67. The quantitative estimate of drug-likeness (QED) is 0.809. The maximum Gasteiger partial charge on any atom is 0.253 e. The molecule has 5 nitrogen and oxygen atoms in total. The molecular weight excluding hydrogens is 292 g/mol. The highest BCUT2D eigenvalue weighted by molar-refractivity contribution is 5.98. The Balaban J connectivity index is 1.83. The van der Waals surface area contributed by atoms with Gasteiger partial charge in [-0.15, -0.1) is 0 Å². The van der Waals surface area contributed by atoms with E-state index in [2.05, 4.69) is 4.98 Å². The summed E-state index contributed by atoms with van der Waals surface area (Å²) in [6.07, 6.45) is 3.40. The molecule has 0 bridgehead atoms. The summed E-state index contributed by atoms with van der Waals surface area (Å²) in [6, 6.07) is 7.57. The van der Waals surface area contributed by atoms with Crippen molar-refractivity contribution in [3.8, 4) is 0 Å². The molecule has 124 valence electrons. The van der Waals surface area contributed by atoms with Crippen molar-refractivity contribution in [2.24, 2.45) is 5.41 Å². The Morgan fingerprint density at radius 1 is 1.43 bits per heavy atom. The van der Waals surface area contributed by atoms with E-state index in [-0.39, 0.29) is 12.5 Å². The van der Waals surface area contributed by atoms with Crippen LogP contribution in [0.25, 0.3) is 10.9 Å². The molecule has 2 atom stereocenters. The number of carbonyl (C=O) groups excluding carboxylic acids is 1. The van der Waals surface area contributed by atoms with E-state index in [9.17, 15) is 15.0 Å². The molecule has 0 unspecified atom stereocenters. The lowest BCUT2D eigenvalue weighted by atomic mass is 9.74. The van der Waals surface area contributed by atoms with Gasteiger partial charge in [-0.1, -0.05) is 13.3 Å². The van der Waals surface area contributed by atoms with Crippen LogP contribution in [-0.2, 0) is 0 Å². The Kier molecular flexibility index (Phi) is 4.41. The van der Waals surface area contributed by atoms with Crippen LogP contribution in [0.4, 0.5) is 0 Å². The normalized spacial score (nSPS) is 25.0. The smallest absolute Gasteiger partial charge is 0.253 e. The number of aliphatic hydroxyl groups excluding tert-OH is 2. The van der Waals surface area contributed by atoms with Gasteiger partial charge in [0, 0.05) is 41.2 Å². The maximum absolute atomic E-state index is 12.8. The molecule has 2 heterocycles. The Labute approximate surface area is 135 Å². The SMILES string of the molecule is CCC[C@@]1(CO)CN(C(=O)c2ccc3[nH]ccc3c2)CC[C@@H]1O. The summed E-state index contributed by atoms with van der Waals surface area (Å²) in [4.78, 5) is 17.7. The van der Waals surface area contributed by atoms with Crippen molar-refractivity contribution in [3.05, 3.63) is 36.0 Å². The number of carbonyl (C=O) groups is 1. The van der Waals surface area contributed by atoms with Gasteiger partial charge in [0.1, 0.15) is 0 Å². The standard InChI is InChI=1S/C18H24N2O3/c1-2-7-18(12-21)11-20(9-6-16(18)22)17(23)14-3-4-15-13(10-14)5-8-19-15/h3-5,8,10,16,19,21-22H,2,6-7,9,11-12H2,1H3/t16-,18-/m0/s1. The second kappa shape index (κ2) is 6.34. The first-order valence-electron chi connectivity index (χ1n) is 8.25. The molecule has 0 radical (unpaired) electrons. The lowest BCUT2D eigenvalue weighted by Gasteiger charge is -2.45. The zero-order valence-electron chi connectivity index (χ0n) is 13.5. The second-order valence-corrected chi connectivity index (χ2v) is 6.58. The van der Waals surface area contributed by atoms with Crippen molar-refractivity contribution in [1.29, 1.82) is 0 Å². The molecule has 1 saturated heterocycles. The number of nitrogens with zero attached hydrogens (tertiary/aromatic N) is 1. The molecule has 1 aromatic heterocycles. The van der Waals surface area contributed by atoms with E-state index < -0.39 is 11.5 Å². The first kappa shape index (κ1) is 16.0. The third kappa shape index (κ3) is 2.86. The van der Waals surface area contributed by atoms with E-state index in [1.165, 1.54) is 0 Å². The zero-order chi connectivity index (χ0) is 16.4. The second-order valence-electron chi connectivity index (χ2n) is 6.58. The van der Waals surface area contributed by atoms with Gasteiger partial charge in [0.25, 0.3) is 5.91 Å². The monoisotopic (exact) mass is 316 g/mol. The van der Waals surface area contributed by atoms with Gasteiger partial charge < -0.3 is 20.1 Å². The van der Waals surface area contributed by atoms with Gasteiger partial charge in [-0.05, 0) is 37.1 Å². The number of aromatic nitrogens is 1. The largest absolute Gasteiger partial charge is 0.396 e. The summed E-state index contributed by atoms with van der Waals surface area (Å²) in [5.41, 5.74) is 1.06. The Morgan fingerprint density at radius 3 is 3.00 bits per heavy atom. The lowest BCUT2D eigenvalue weighted by Crippen LogP contribution is -2.55. The number of benzene rings is 1. The van der Waals surface area contributed by atoms with Gasteiger partial charge in [-0.3, -0.25) is 4.79 Å². The summed E-state index contributed by atoms with van der Waals surface area (Å²) in [5, 5.41) is 21.2. The molecule has 1 amide bonds. The Hall–Kier alpha value is -1.85. The maximum atomic E-state index is 12.8. The van der Waals surface area contributed by atoms with Crippen LogP contribution in [-0.4, -0.2) is 51.8 Å². The predicted octanol–water partition coefficient (Wildman–Crippen LogP) is 2.15. The minimum absolute atomic E-state index is 0.0334. The van der Waals surface area contributed by atoms with E-state index in [4.69, 9.17) is 0 Å². The third-order valence-corrected chi connectivity index (χ3v) is 5.04. The van der Waals surface area contributed by atoms with Crippen LogP contribution in [0.1, 0.15) is 36.5 Å². The van der Waals surface area contributed by atoms with Crippen molar-refractivity contribution in [2.75, 3.05) is 19.7 Å². The van der Waals surface area contributed by atoms with Crippen LogP contribution in [0.3, 0.4) is 0 Å². The number of aromatic amines is 1. The van der Waals surface area contributed by atoms with E-state index in [1.807, 2.05) is 37.4 Å². The van der Waals surface area contributed by atoms with Crippen LogP contribution in [0.2, 0.25) is 0 Å². The van der Waals surface area contributed by atoms with Crippen LogP contribution >= 0.6 is 0 Å². The summed E-state index contributed by atoms with van der Waals surface area (Å²) >= 11 is 0. The Morgan fingerprint density at radius 2 is 2.26 bits per heavy atom. The number of aliphatic hydroxyl groups is 2. The van der Waals surface area contributed by atoms with E-state index >= 15 is 0 Å². The van der Waals surface area contributed by atoms with Crippen molar-refractivity contribution < 1.29 is 15.0 Å². The minimum atomic E-state index is -0.596. The van der Waals surface area contributed by atoms with Crippen LogP contribution < -0.4 is 0 Å². The molecule has 1 aromatic carbocycles. The van der Waals surface area contributed by atoms with Gasteiger partial charge in [-0.25, -0.2) is 0 Å². The number of piperidine rings is 1. The molecule has 1 aliphatic rings. The molecule has 3 rings (SSSR count). The number of amides is 1. The van der Waals surface area contributed by atoms with Gasteiger partial charge in [0.2, 0.25) is 0 Å². The zero-order valence-corrected chi connectivity index (χ0v) is 13.5. The van der Waals surface area contributed by atoms with Crippen molar-refractivity contribution in [3.63, 3.8) is 0 Å². The number of rotatable bonds is 4. The van der Waals surface area contributed by atoms with Crippen LogP contribution in [0.15, 0.2) is 30.5 Å². The number of hydrogen-bond acceptors (Lipinski definition) is 3. The summed E-state index contributed by atoms with van der Waals surface area (Å²) in [7, 11) is 0. The van der Waals surface area contributed by atoms with Crippen molar-refractivity contribution in [2.45, 2.75) is 32.3 Å². The van der Waals surface area contributed by atoms with Crippen LogP contribution in [0.5, 0.6) is 0 Å². The molecule has 23 heavy (non-hydrogen) atoms. The third-order valence-electron chi connectivity index (χ3n) is 5.04. The van der Waals surface area contributed by atoms with Crippen molar-refractivity contribution in [1.82, 2.24) is 9.88 Å². The topological polar surface area (TPSA) is 76.6 Å². The van der Waals surface area contributed by atoms with Gasteiger partial charge in [0.05, 0.1) is 12.7 Å². The molecule has 1 fully saturated rings. The molecule has 0 spiro atoms. The molecule has 0 saturated carbocycles. The van der Waals surface area contributed by atoms with Gasteiger partial charge in [-0.2, -0.15) is 0 Å². The average Bonchev–Trinajstić information content (AvgIpc) is 3.04. The number of nitrogens with one attached hydrogen (secondary N) is 1. The number of fused-ring (bicyclic) bond motifs is 1. The molecule has 0 aliphatic carbocycles. The predicted molar refractivity (Wildman–Crippen MR) is 89.3 cm³/mol. The number of hydrogen-bond donors (Lipinski definition) is 3. The first-order chi connectivity index (χ1) is 11.1. The number of H-pyrrole nitrogens is 1. The highest BCUT2D eigenvalue weighted by atomic mass is 16.3. The molecule has 1 aliphatic heterocycles. The van der Waals surface area contributed by atoms with E-state index in [0.717, 1.165) is 17.3 Å². The Bertz CT molecular complexity index is 696. The fraction of sp³-hybridized carbons (Fsp3) is 0.500. The number of likely N-dealkylation sites (tertiary alicyclic amines) is 1.